The van der Waals surface area contributed by atoms with Gasteiger partial charge in [0, 0.05) is 4.70 Å². The Morgan fingerprint density at radius 3 is 2.75 bits per heavy atom. The fourth-order valence-corrected chi connectivity index (χ4v) is 3.68. The van der Waals surface area contributed by atoms with Gasteiger partial charge in [0.2, 0.25) is 0 Å². The van der Waals surface area contributed by atoms with E-state index < -0.39 is 0 Å². The predicted molar refractivity (Wildman–Crippen MR) is 71.3 cm³/mol. The molecule has 1 aliphatic heterocycles. The van der Waals surface area contributed by atoms with Gasteiger partial charge in [-0.05, 0) is 61.3 Å². The Morgan fingerprint density at radius 1 is 1.19 bits per heavy atom. The molecule has 1 fully saturated rings. The van der Waals surface area contributed by atoms with Crippen molar-refractivity contribution in [2.24, 2.45) is 0 Å². The van der Waals surface area contributed by atoms with Crippen molar-refractivity contribution in [1.82, 2.24) is 4.90 Å². The van der Waals surface area contributed by atoms with Crippen LogP contribution in [-0.2, 0) is 0 Å². The molecule has 1 nitrogen and oxygen atoms in total. The second-order valence-corrected chi connectivity index (χ2v) is 5.68. The third kappa shape index (κ3) is 1.76. The van der Waals surface area contributed by atoms with E-state index in [0.29, 0.717) is 0 Å². The Bertz CT molecular complexity index is 480. The minimum absolute atomic E-state index is 0.785. The maximum Gasteiger partial charge on any atom is 0.0345 e. The maximum atomic E-state index is 2.44. The van der Waals surface area contributed by atoms with E-state index in [4.69, 9.17) is 0 Å². The number of fused-ring (bicyclic) bond motifs is 1. The molecule has 0 spiro atoms. The number of thiophene rings is 1. The second-order valence-electron chi connectivity index (χ2n) is 4.76. The van der Waals surface area contributed by atoms with E-state index in [2.05, 4.69) is 41.6 Å². The molecular weight excluding hydrogens is 214 g/mol. The van der Waals surface area contributed by atoms with Crippen LogP contribution >= 0.6 is 11.3 Å². The monoisotopic (exact) mass is 231 g/mol. The zero-order valence-electron chi connectivity index (χ0n) is 9.65. The maximum absolute atomic E-state index is 2.44. The smallest absolute Gasteiger partial charge is 0.0345 e. The first kappa shape index (κ1) is 10.3. The van der Waals surface area contributed by atoms with E-state index >= 15 is 0 Å². The van der Waals surface area contributed by atoms with Crippen molar-refractivity contribution in [2.75, 3.05) is 20.1 Å². The summed E-state index contributed by atoms with van der Waals surface area (Å²) in [6.45, 7) is 2.49. The second kappa shape index (κ2) is 4.19. The van der Waals surface area contributed by atoms with E-state index in [1.165, 1.54) is 36.0 Å². The summed E-state index contributed by atoms with van der Waals surface area (Å²) in [6.07, 6.45) is 2.63. The highest BCUT2D eigenvalue weighted by atomic mass is 32.1. The standard InChI is InChI=1S/C14H17NS/c1-15-8-6-11(7-9-15)13-10-16-14-5-3-2-4-12(13)14/h2-5,10-11H,6-9H2,1H3. The normalized spacial score (nSPS) is 19.3. The lowest BCUT2D eigenvalue weighted by molar-refractivity contribution is 0.256. The molecule has 0 atom stereocenters. The van der Waals surface area contributed by atoms with Gasteiger partial charge in [0.05, 0.1) is 0 Å². The van der Waals surface area contributed by atoms with Crippen molar-refractivity contribution in [1.29, 1.82) is 0 Å². The van der Waals surface area contributed by atoms with Crippen LogP contribution in [0.1, 0.15) is 24.3 Å². The molecule has 0 unspecified atom stereocenters. The third-order valence-corrected chi connectivity index (χ3v) is 4.65. The van der Waals surface area contributed by atoms with Crippen LogP contribution in [0, 0.1) is 0 Å². The fourth-order valence-electron chi connectivity index (χ4n) is 2.63. The Kier molecular flexibility index (Phi) is 2.70. The van der Waals surface area contributed by atoms with Crippen molar-refractivity contribution in [3.63, 3.8) is 0 Å². The molecule has 2 heteroatoms. The zero-order chi connectivity index (χ0) is 11.0. The molecule has 0 aliphatic carbocycles. The van der Waals surface area contributed by atoms with Gasteiger partial charge in [0.25, 0.3) is 0 Å². The SMILES string of the molecule is CN1CCC(c2csc3ccccc23)CC1. The number of nitrogens with zero attached hydrogens (tertiary/aromatic N) is 1. The van der Waals surface area contributed by atoms with Crippen LogP contribution in [0.5, 0.6) is 0 Å². The first-order valence-corrected chi connectivity index (χ1v) is 6.87. The first-order valence-electron chi connectivity index (χ1n) is 5.99. The predicted octanol–water partition coefficient (Wildman–Crippen LogP) is 3.71. The van der Waals surface area contributed by atoms with Gasteiger partial charge in [-0.1, -0.05) is 18.2 Å². The number of rotatable bonds is 1. The summed E-state index contributed by atoms with van der Waals surface area (Å²) < 4.78 is 1.44. The van der Waals surface area contributed by atoms with Crippen LogP contribution in [0.2, 0.25) is 0 Å². The van der Waals surface area contributed by atoms with Crippen molar-refractivity contribution < 1.29 is 0 Å². The summed E-state index contributed by atoms with van der Waals surface area (Å²) >= 11 is 1.89. The molecule has 84 valence electrons. The molecule has 3 rings (SSSR count). The molecule has 1 saturated heterocycles. The Balaban J connectivity index is 1.94. The molecule has 16 heavy (non-hydrogen) atoms. The summed E-state index contributed by atoms with van der Waals surface area (Å²) in [5, 5.41) is 3.86. The van der Waals surface area contributed by atoms with E-state index in [0.717, 1.165) is 5.92 Å². The highest BCUT2D eigenvalue weighted by molar-refractivity contribution is 7.17. The molecule has 0 amide bonds. The summed E-state index contributed by atoms with van der Waals surface area (Å²) in [4.78, 5) is 2.44. The number of piperidine rings is 1. The van der Waals surface area contributed by atoms with Crippen LogP contribution < -0.4 is 0 Å². The van der Waals surface area contributed by atoms with Gasteiger partial charge < -0.3 is 4.90 Å². The van der Waals surface area contributed by atoms with Gasteiger partial charge >= 0.3 is 0 Å². The largest absolute Gasteiger partial charge is 0.306 e. The van der Waals surface area contributed by atoms with Gasteiger partial charge in [0.1, 0.15) is 0 Å². The van der Waals surface area contributed by atoms with E-state index in [-0.39, 0.29) is 0 Å². The lowest BCUT2D eigenvalue weighted by atomic mass is 9.89. The molecule has 0 N–H and O–H groups in total. The molecule has 2 aromatic rings. The van der Waals surface area contributed by atoms with Gasteiger partial charge in [-0.3, -0.25) is 0 Å². The number of hydrogen-bond donors (Lipinski definition) is 0. The lowest BCUT2D eigenvalue weighted by Crippen LogP contribution is -2.29. The average molecular weight is 231 g/mol. The van der Waals surface area contributed by atoms with Crippen molar-refractivity contribution in [3.05, 3.63) is 35.2 Å². The van der Waals surface area contributed by atoms with Gasteiger partial charge in [-0.25, -0.2) is 0 Å². The van der Waals surface area contributed by atoms with Gasteiger partial charge in [-0.2, -0.15) is 0 Å². The van der Waals surface area contributed by atoms with E-state index in [1.807, 2.05) is 11.3 Å². The molecule has 2 heterocycles. The van der Waals surface area contributed by atoms with Crippen LogP contribution in [0.4, 0.5) is 0 Å². The van der Waals surface area contributed by atoms with Crippen molar-refractivity contribution >= 4 is 21.4 Å². The van der Waals surface area contributed by atoms with Gasteiger partial charge in [-0.15, -0.1) is 11.3 Å². The molecule has 0 saturated carbocycles. The van der Waals surface area contributed by atoms with Crippen molar-refractivity contribution in [2.45, 2.75) is 18.8 Å². The lowest BCUT2D eigenvalue weighted by Gasteiger charge is -2.28. The van der Waals surface area contributed by atoms with Gasteiger partial charge in [0.15, 0.2) is 0 Å². The van der Waals surface area contributed by atoms with Crippen LogP contribution in [0.15, 0.2) is 29.6 Å². The Morgan fingerprint density at radius 2 is 1.94 bits per heavy atom. The molecule has 0 radical (unpaired) electrons. The molecule has 1 aliphatic rings. The molecular formula is C14H17NS. The van der Waals surface area contributed by atoms with Crippen molar-refractivity contribution in [3.8, 4) is 0 Å². The minimum atomic E-state index is 0.785. The highest BCUT2D eigenvalue weighted by Crippen LogP contribution is 2.36. The summed E-state index contributed by atoms with van der Waals surface area (Å²) in [5.74, 6) is 0.785. The summed E-state index contributed by atoms with van der Waals surface area (Å²) in [5.41, 5.74) is 1.59. The fraction of sp³-hybridized carbons (Fsp3) is 0.429. The van der Waals surface area contributed by atoms with Crippen LogP contribution in [0.3, 0.4) is 0 Å². The topological polar surface area (TPSA) is 3.24 Å². The molecule has 1 aromatic heterocycles. The summed E-state index contributed by atoms with van der Waals surface area (Å²) in [6, 6.07) is 8.81. The Labute approximate surface area is 101 Å². The highest BCUT2D eigenvalue weighted by Gasteiger charge is 2.20. The quantitative estimate of drug-likeness (QED) is 0.723. The van der Waals surface area contributed by atoms with Crippen LogP contribution in [0.25, 0.3) is 10.1 Å². The molecule has 1 aromatic carbocycles. The van der Waals surface area contributed by atoms with Crippen LogP contribution in [-0.4, -0.2) is 25.0 Å². The minimum Gasteiger partial charge on any atom is -0.306 e. The average Bonchev–Trinajstić information content (AvgIpc) is 2.74. The molecule has 0 bridgehead atoms. The number of hydrogen-bond acceptors (Lipinski definition) is 2. The third-order valence-electron chi connectivity index (χ3n) is 3.67. The summed E-state index contributed by atoms with van der Waals surface area (Å²) in [7, 11) is 2.22. The number of benzene rings is 1. The number of likely N-dealkylation sites (tertiary alicyclic amines) is 1. The Hall–Kier alpha value is -0.860. The van der Waals surface area contributed by atoms with E-state index in [9.17, 15) is 0 Å². The zero-order valence-corrected chi connectivity index (χ0v) is 10.5. The van der Waals surface area contributed by atoms with E-state index in [1.54, 1.807) is 5.56 Å². The first-order chi connectivity index (χ1) is 7.84.